The quantitative estimate of drug-likeness (QED) is 0.717. The SMILES string of the molecule is C#CCCC(=O)NCC1(O)CCC(CC)CC1. The van der Waals surface area contributed by atoms with Gasteiger partial charge in [-0.25, -0.2) is 0 Å². The zero-order chi connectivity index (χ0) is 12.7. The molecule has 0 radical (unpaired) electrons. The second-order valence-electron chi connectivity index (χ2n) is 5.06. The van der Waals surface area contributed by atoms with Crippen molar-refractivity contribution in [3.8, 4) is 12.3 Å². The van der Waals surface area contributed by atoms with Crippen LogP contribution < -0.4 is 5.32 Å². The summed E-state index contributed by atoms with van der Waals surface area (Å²) in [5.41, 5.74) is -0.697. The van der Waals surface area contributed by atoms with E-state index >= 15 is 0 Å². The van der Waals surface area contributed by atoms with Gasteiger partial charge in [-0.05, 0) is 31.6 Å². The first-order chi connectivity index (χ1) is 8.09. The van der Waals surface area contributed by atoms with Crippen molar-refractivity contribution in [2.75, 3.05) is 6.54 Å². The van der Waals surface area contributed by atoms with Gasteiger partial charge in [0.05, 0.1) is 5.60 Å². The Morgan fingerprint density at radius 3 is 2.71 bits per heavy atom. The predicted octanol–water partition coefficient (Wildman–Crippen LogP) is 1.85. The van der Waals surface area contributed by atoms with Crippen LogP contribution in [0, 0.1) is 18.3 Å². The molecule has 1 aliphatic carbocycles. The molecule has 3 heteroatoms. The van der Waals surface area contributed by atoms with Gasteiger partial charge in [0.1, 0.15) is 0 Å². The maximum atomic E-state index is 11.4. The van der Waals surface area contributed by atoms with Gasteiger partial charge in [0.2, 0.25) is 5.91 Å². The normalized spacial score (nSPS) is 28.4. The monoisotopic (exact) mass is 237 g/mol. The fourth-order valence-electron chi connectivity index (χ4n) is 2.34. The maximum Gasteiger partial charge on any atom is 0.221 e. The molecule has 1 rings (SSSR count). The van der Waals surface area contributed by atoms with Crippen LogP contribution in [0.5, 0.6) is 0 Å². The Morgan fingerprint density at radius 2 is 2.18 bits per heavy atom. The Kier molecular flexibility index (Phi) is 5.50. The van der Waals surface area contributed by atoms with Gasteiger partial charge in [-0.2, -0.15) is 0 Å². The number of carbonyl (C=O) groups is 1. The molecule has 1 saturated carbocycles. The number of rotatable bonds is 5. The van der Waals surface area contributed by atoms with Gasteiger partial charge in [-0.3, -0.25) is 4.79 Å². The summed E-state index contributed by atoms with van der Waals surface area (Å²) < 4.78 is 0. The minimum absolute atomic E-state index is 0.0611. The van der Waals surface area contributed by atoms with Crippen LogP contribution >= 0.6 is 0 Å². The van der Waals surface area contributed by atoms with Crippen LogP contribution in [-0.2, 0) is 4.79 Å². The van der Waals surface area contributed by atoms with Crippen molar-refractivity contribution in [3.63, 3.8) is 0 Å². The lowest BCUT2D eigenvalue weighted by Crippen LogP contribution is -2.45. The lowest BCUT2D eigenvalue weighted by Gasteiger charge is -2.35. The standard InChI is InChI=1S/C14H23NO2/c1-3-5-6-13(16)15-11-14(17)9-7-12(4-2)8-10-14/h1,12,17H,4-11H2,2H3,(H,15,16). The average Bonchev–Trinajstić information content (AvgIpc) is 2.35. The Hall–Kier alpha value is -1.01. The Morgan fingerprint density at radius 1 is 1.53 bits per heavy atom. The van der Waals surface area contributed by atoms with Gasteiger partial charge in [-0.1, -0.05) is 13.3 Å². The number of nitrogens with one attached hydrogen (secondary N) is 1. The van der Waals surface area contributed by atoms with Crippen molar-refractivity contribution >= 4 is 5.91 Å². The molecular weight excluding hydrogens is 214 g/mol. The van der Waals surface area contributed by atoms with E-state index in [4.69, 9.17) is 6.42 Å². The third-order valence-electron chi connectivity index (χ3n) is 3.72. The largest absolute Gasteiger partial charge is 0.388 e. The van der Waals surface area contributed by atoms with Crippen LogP contribution in [0.1, 0.15) is 51.9 Å². The summed E-state index contributed by atoms with van der Waals surface area (Å²) in [5, 5.41) is 13.1. The third-order valence-corrected chi connectivity index (χ3v) is 3.72. The molecule has 17 heavy (non-hydrogen) atoms. The Balaban J connectivity index is 2.27. The van der Waals surface area contributed by atoms with Gasteiger partial charge in [0, 0.05) is 19.4 Å². The van der Waals surface area contributed by atoms with Crippen LogP contribution in [0.2, 0.25) is 0 Å². The molecule has 0 atom stereocenters. The second kappa shape index (κ2) is 6.66. The van der Waals surface area contributed by atoms with E-state index in [0.29, 0.717) is 19.4 Å². The summed E-state index contributed by atoms with van der Waals surface area (Å²) in [6.07, 6.45) is 10.8. The zero-order valence-corrected chi connectivity index (χ0v) is 10.7. The van der Waals surface area contributed by atoms with Crippen LogP contribution in [0.25, 0.3) is 0 Å². The maximum absolute atomic E-state index is 11.4. The van der Waals surface area contributed by atoms with Crippen molar-refractivity contribution in [3.05, 3.63) is 0 Å². The minimum Gasteiger partial charge on any atom is -0.388 e. The summed E-state index contributed by atoms with van der Waals surface area (Å²) in [6, 6.07) is 0. The van der Waals surface area contributed by atoms with Gasteiger partial charge in [-0.15, -0.1) is 12.3 Å². The molecule has 0 heterocycles. The average molecular weight is 237 g/mol. The van der Waals surface area contributed by atoms with Crippen molar-refractivity contribution < 1.29 is 9.90 Å². The number of aliphatic hydroxyl groups is 1. The predicted molar refractivity (Wildman–Crippen MR) is 68.3 cm³/mol. The molecule has 1 fully saturated rings. The van der Waals surface area contributed by atoms with Crippen molar-refractivity contribution in [2.45, 2.75) is 57.5 Å². The minimum atomic E-state index is -0.697. The topological polar surface area (TPSA) is 49.3 Å². The van der Waals surface area contributed by atoms with E-state index in [0.717, 1.165) is 31.6 Å². The van der Waals surface area contributed by atoms with Gasteiger partial charge >= 0.3 is 0 Å². The molecule has 0 unspecified atom stereocenters. The summed E-state index contributed by atoms with van der Waals surface area (Å²) in [5.74, 6) is 3.12. The lowest BCUT2D eigenvalue weighted by molar-refractivity contribution is -0.122. The summed E-state index contributed by atoms with van der Waals surface area (Å²) >= 11 is 0. The Labute approximate surface area is 104 Å². The van der Waals surface area contributed by atoms with E-state index < -0.39 is 5.60 Å². The summed E-state index contributed by atoms with van der Waals surface area (Å²) in [7, 11) is 0. The fourth-order valence-corrected chi connectivity index (χ4v) is 2.34. The van der Waals surface area contributed by atoms with Crippen molar-refractivity contribution in [2.24, 2.45) is 5.92 Å². The second-order valence-corrected chi connectivity index (χ2v) is 5.06. The molecule has 1 aliphatic rings. The highest BCUT2D eigenvalue weighted by Gasteiger charge is 2.32. The van der Waals surface area contributed by atoms with E-state index in [1.54, 1.807) is 0 Å². The summed E-state index contributed by atoms with van der Waals surface area (Å²) in [4.78, 5) is 11.4. The highest BCUT2D eigenvalue weighted by atomic mass is 16.3. The van der Waals surface area contributed by atoms with Gasteiger partial charge < -0.3 is 10.4 Å². The molecule has 0 aromatic heterocycles. The number of terminal acetylenes is 1. The Bertz CT molecular complexity index is 285. The molecule has 0 aliphatic heterocycles. The molecule has 1 amide bonds. The number of amides is 1. The highest BCUT2D eigenvalue weighted by Crippen LogP contribution is 2.33. The molecule has 3 nitrogen and oxygen atoms in total. The smallest absolute Gasteiger partial charge is 0.221 e. The van der Waals surface area contributed by atoms with Gasteiger partial charge in [0.25, 0.3) is 0 Å². The first kappa shape index (κ1) is 14.1. The van der Waals surface area contributed by atoms with E-state index in [2.05, 4.69) is 18.2 Å². The van der Waals surface area contributed by atoms with Crippen molar-refractivity contribution in [1.82, 2.24) is 5.32 Å². The first-order valence-electron chi connectivity index (χ1n) is 6.52. The van der Waals surface area contributed by atoms with Crippen molar-refractivity contribution in [1.29, 1.82) is 0 Å². The number of carbonyl (C=O) groups excluding carboxylic acids is 1. The molecular formula is C14H23NO2. The van der Waals surface area contributed by atoms with Crippen LogP contribution in [-0.4, -0.2) is 23.2 Å². The molecule has 0 saturated heterocycles. The van der Waals surface area contributed by atoms with E-state index in [1.165, 1.54) is 6.42 Å². The van der Waals surface area contributed by atoms with Crippen LogP contribution in [0.15, 0.2) is 0 Å². The molecule has 0 aromatic rings. The molecule has 96 valence electrons. The highest BCUT2D eigenvalue weighted by molar-refractivity contribution is 5.76. The first-order valence-corrected chi connectivity index (χ1v) is 6.52. The molecule has 2 N–H and O–H groups in total. The summed E-state index contributed by atoms with van der Waals surface area (Å²) in [6.45, 7) is 2.56. The van der Waals surface area contributed by atoms with E-state index in [-0.39, 0.29) is 5.91 Å². The number of hydrogen-bond acceptors (Lipinski definition) is 2. The van der Waals surface area contributed by atoms with Crippen LogP contribution in [0.4, 0.5) is 0 Å². The van der Waals surface area contributed by atoms with E-state index in [9.17, 15) is 9.90 Å². The third kappa shape index (κ3) is 4.79. The van der Waals surface area contributed by atoms with Gasteiger partial charge in [0.15, 0.2) is 0 Å². The molecule has 0 bridgehead atoms. The lowest BCUT2D eigenvalue weighted by atomic mass is 9.78. The number of hydrogen-bond donors (Lipinski definition) is 2. The van der Waals surface area contributed by atoms with E-state index in [1.807, 2.05) is 0 Å². The molecule has 0 aromatic carbocycles. The van der Waals surface area contributed by atoms with Crippen LogP contribution in [0.3, 0.4) is 0 Å². The zero-order valence-electron chi connectivity index (χ0n) is 10.7. The molecule has 0 spiro atoms. The fraction of sp³-hybridized carbons (Fsp3) is 0.786.